The van der Waals surface area contributed by atoms with Crippen LogP contribution in [0.25, 0.3) is 11.1 Å². The van der Waals surface area contributed by atoms with E-state index >= 15 is 0 Å². The van der Waals surface area contributed by atoms with Gasteiger partial charge in [-0.05, 0) is 25.0 Å². The Labute approximate surface area is 139 Å². The number of halogens is 5. The summed E-state index contributed by atoms with van der Waals surface area (Å²) in [5.41, 5.74) is -2.79. The van der Waals surface area contributed by atoms with Crippen molar-refractivity contribution in [3.8, 4) is 11.1 Å². The van der Waals surface area contributed by atoms with E-state index in [1.165, 1.54) is 7.05 Å². The molecule has 1 aliphatic rings. The van der Waals surface area contributed by atoms with Crippen LogP contribution in [0.1, 0.15) is 18.5 Å². The molecule has 1 N–H and O–H groups in total. The Morgan fingerprint density at radius 2 is 1.79 bits per heavy atom. The number of nitrogens with zero attached hydrogens (tertiary/aromatic N) is 2. The van der Waals surface area contributed by atoms with Gasteiger partial charge in [-0.15, -0.1) is 0 Å². The van der Waals surface area contributed by atoms with Crippen molar-refractivity contribution >= 4 is 17.3 Å². The summed E-state index contributed by atoms with van der Waals surface area (Å²) in [4.78, 5) is 12.5. The predicted octanol–water partition coefficient (Wildman–Crippen LogP) is 3.96. The molecular formula is C15H14ClF4N3O. The van der Waals surface area contributed by atoms with Crippen LogP contribution in [0.4, 0.5) is 23.2 Å². The number of aromatic nitrogens is 2. The molecule has 1 aromatic carbocycles. The highest BCUT2D eigenvalue weighted by atomic mass is 35.5. The van der Waals surface area contributed by atoms with Gasteiger partial charge in [-0.25, -0.2) is 9.07 Å². The second-order valence-electron chi connectivity index (χ2n) is 5.54. The highest BCUT2D eigenvalue weighted by Gasteiger charge is 2.42. The summed E-state index contributed by atoms with van der Waals surface area (Å²) in [6, 6.07) is 2.04. The molecule has 0 bridgehead atoms. The van der Waals surface area contributed by atoms with Crippen LogP contribution in [0.3, 0.4) is 0 Å². The maximum Gasteiger partial charge on any atom is 0.433 e. The molecule has 0 aliphatic carbocycles. The van der Waals surface area contributed by atoms with Crippen LogP contribution >= 0.6 is 11.6 Å². The van der Waals surface area contributed by atoms with Gasteiger partial charge in [-0.1, -0.05) is 11.6 Å². The first-order valence-electron chi connectivity index (χ1n) is 7.33. The zero-order valence-electron chi connectivity index (χ0n) is 12.7. The maximum absolute atomic E-state index is 14.3. The van der Waals surface area contributed by atoms with Crippen molar-refractivity contribution in [2.75, 3.05) is 12.4 Å². The Bertz CT molecular complexity index is 854. The molecule has 0 spiro atoms. The first-order chi connectivity index (χ1) is 11.3. The van der Waals surface area contributed by atoms with E-state index < -0.39 is 34.4 Å². The van der Waals surface area contributed by atoms with E-state index in [2.05, 4.69) is 5.32 Å². The molecule has 0 saturated carbocycles. The summed E-state index contributed by atoms with van der Waals surface area (Å²) in [6.07, 6.45) is -3.64. The molecule has 1 aromatic heterocycles. The van der Waals surface area contributed by atoms with Gasteiger partial charge in [0.1, 0.15) is 5.82 Å². The molecule has 2 aromatic rings. The fourth-order valence-electron chi connectivity index (χ4n) is 3.03. The Morgan fingerprint density at radius 1 is 1.17 bits per heavy atom. The lowest BCUT2D eigenvalue weighted by Crippen LogP contribution is -2.28. The first kappa shape index (κ1) is 16.9. The van der Waals surface area contributed by atoms with E-state index in [1.807, 2.05) is 0 Å². The molecule has 0 saturated heterocycles. The minimum absolute atomic E-state index is 0.0244. The van der Waals surface area contributed by atoms with E-state index in [1.54, 1.807) is 0 Å². The smallest absolute Gasteiger partial charge is 0.387 e. The molecule has 1 aliphatic heterocycles. The van der Waals surface area contributed by atoms with Crippen molar-refractivity contribution in [3.63, 3.8) is 0 Å². The van der Waals surface area contributed by atoms with Crippen molar-refractivity contribution in [1.82, 2.24) is 9.36 Å². The predicted molar refractivity (Wildman–Crippen MR) is 82.9 cm³/mol. The van der Waals surface area contributed by atoms with E-state index in [9.17, 15) is 22.4 Å². The van der Waals surface area contributed by atoms with Crippen LogP contribution < -0.4 is 10.9 Å². The number of anilines is 1. The van der Waals surface area contributed by atoms with Crippen LogP contribution in [-0.4, -0.2) is 16.4 Å². The molecule has 3 rings (SSSR count). The molecule has 0 atom stereocenters. The van der Waals surface area contributed by atoms with Gasteiger partial charge in [0.2, 0.25) is 0 Å². The highest BCUT2D eigenvalue weighted by Crippen LogP contribution is 2.39. The number of rotatable bonds is 2. The Kier molecular flexibility index (Phi) is 4.11. The topological polar surface area (TPSA) is 39.0 Å². The van der Waals surface area contributed by atoms with E-state index in [4.69, 9.17) is 11.6 Å². The first-order valence-corrected chi connectivity index (χ1v) is 7.71. The number of hydrogen-bond donors (Lipinski definition) is 1. The van der Waals surface area contributed by atoms with E-state index in [0.717, 1.165) is 21.5 Å². The second kappa shape index (κ2) is 5.84. The average molecular weight is 364 g/mol. The highest BCUT2D eigenvalue weighted by molar-refractivity contribution is 6.33. The summed E-state index contributed by atoms with van der Waals surface area (Å²) < 4.78 is 57.1. The third-order valence-corrected chi connectivity index (χ3v) is 4.40. The van der Waals surface area contributed by atoms with Crippen molar-refractivity contribution in [2.45, 2.75) is 32.1 Å². The quantitative estimate of drug-likeness (QED) is 0.820. The average Bonchev–Trinajstić information content (AvgIpc) is 2.81. The molecule has 0 unspecified atom stereocenters. The third kappa shape index (κ3) is 2.58. The summed E-state index contributed by atoms with van der Waals surface area (Å²) in [5, 5.41) is 2.70. The summed E-state index contributed by atoms with van der Waals surface area (Å²) in [7, 11) is 1.51. The number of hydrogen-bond acceptors (Lipinski definition) is 2. The van der Waals surface area contributed by atoms with Gasteiger partial charge < -0.3 is 5.32 Å². The summed E-state index contributed by atoms with van der Waals surface area (Å²) in [6.45, 7) is 0.244. The molecule has 24 heavy (non-hydrogen) atoms. The minimum atomic E-state index is -4.77. The molecular weight excluding hydrogens is 350 g/mol. The lowest BCUT2D eigenvalue weighted by molar-refractivity contribution is -0.144. The SMILES string of the molecule is CNc1cc(-c2c(C(F)(F)F)n3n(c2=O)CCCC3)c(F)cc1Cl. The fourth-order valence-corrected chi connectivity index (χ4v) is 3.28. The standard InChI is InChI=1S/C15H14ClF4N3O/c1-21-11-6-8(10(17)7-9(11)16)12-13(15(18,19)20)22-4-2-3-5-23(22)14(12)24/h6-7,21H,2-5H2,1H3. The van der Waals surface area contributed by atoms with E-state index in [-0.39, 0.29) is 23.8 Å². The molecule has 9 heteroatoms. The van der Waals surface area contributed by atoms with Crippen LogP contribution in [0, 0.1) is 5.82 Å². The zero-order valence-corrected chi connectivity index (χ0v) is 13.4. The Morgan fingerprint density at radius 3 is 2.38 bits per heavy atom. The lowest BCUT2D eigenvalue weighted by atomic mass is 10.0. The fraction of sp³-hybridized carbons (Fsp3) is 0.400. The molecule has 4 nitrogen and oxygen atoms in total. The van der Waals surface area contributed by atoms with Crippen molar-refractivity contribution in [2.24, 2.45) is 0 Å². The Hall–Kier alpha value is -1.96. The zero-order chi connectivity index (χ0) is 17.6. The van der Waals surface area contributed by atoms with Crippen LogP contribution in [0.15, 0.2) is 16.9 Å². The number of benzene rings is 1. The van der Waals surface area contributed by atoms with Gasteiger partial charge in [0.05, 0.1) is 16.3 Å². The van der Waals surface area contributed by atoms with Gasteiger partial charge in [-0.3, -0.25) is 9.48 Å². The molecule has 130 valence electrons. The monoisotopic (exact) mass is 363 g/mol. The van der Waals surface area contributed by atoms with Gasteiger partial charge in [0.25, 0.3) is 5.56 Å². The van der Waals surface area contributed by atoms with E-state index in [0.29, 0.717) is 12.8 Å². The number of nitrogens with one attached hydrogen (secondary N) is 1. The number of alkyl halides is 3. The molecule has 0 fully saturated rings. The second-order valence-corrected chi connectivity index (χ2v) is 5.95. The molecule has 0 amide bonds. The normalized spacial score (nSPS) is 14.6. The van der Waals surface area contributed by atoms with Crippen molar-refractivity contribution in [1.29, 1.82) is 0 Å². The minimum Gasteiger partial charge on any atom is -0.387 e. The molecule has 2 heterocycles. The van der Waals surface area contributed by atoms with Crippen LogP contribution in [-0.2, 0) is 19.3 Å². The van der Waals surface area contributed by atoms with Crippen LogP contribution in [0.5, 0.6) is 0 Å². The van der Waals surface area contributed by atoms with Gasteiger partial charge >= 0.3 is 6.18 Å². The van der Waals surface area contributed by atoms with Crippen molar-refractivity contribution < 1.29 is 17.6 Å². The van der Waals surface area contributed by atoms with Gasteiger partial charge in [0, 0.05) is 25.7 Å². The third-order valence-electron chi connectivity index (χ3n) is 4.09. The number of fused-ring (bicyclic) bond motifs is 1. The Balaban J connectivity index is 2.37. The maximum atomic E-state index is 14.3. The summed E-state index contributed by atoms with van der Waals surface area (Å²) in [5.74, 6) is -0.967. The largest absolute Gasteiger partial charge is 0.433 e. The van der Waals surface area contributed by atoms with Gasteiger partial charge in [-0.2, -0.15) is 13.2 Å². The van der Waals surface area contributed by atoms with Gasteiger partial charge in [0.15, 0.2) is 5.69 Å². The molecule has 0 radical (unpaired) electrons. The summed E-state index contributed by atoms with van der Waals surface area (Å²) >= 11 is 5.85. The van der Waals surface area contributed by atoms with Crippen molar-refractivity contribution in [3.05, 3.63) is 39.0 Å². The van der Waals surface area contributed by atoms with Crippen LogP contribution in [0.2, 0.25) is 5.02 Å². The lowest BCUT2D eigenvalue weighted by Gasteiger charge is -2.20.